The number of carbonyl (C=O) groups excluding carboxylic acids is 1. The number of para-hydroxylation sites is 1. The Kier molecular flexibility index (Phi) is 7.05. The zero-order chi connectivity index (χ0) is 20.9. The smallest absolute Gasteiger partial charge is 0.223 e. The van der Waals surface area contributed by atoms with Gasteiger partial charge in [-0.1, -0.05) is 37.5 Å². The Bertz CT molecular complexity index is 814. The van der Waals surface area contributed by atoms with E-state index in [-0.39, 0.29) is 29.7 Å². The van der Waals surface area contributed by atoms with Crippen LogP contribution in [0.25, 0.3) is 0 Å². The molecule has 4 nitrogen and oxygen atoms in total. The SMILES string of the molecule is C[C@H](NC(=O)C1CCCCC1)[C@H](c1cccs1)N1CCN(c2ccccc2F)CC1. The molecule has 1 aromatic heterocycles. The highest BCUT2D eigenvalue weighted by atomic mass is 32.1. The lowest BCUT2D eigenvalue weighted by molar-refractivity contribution is -0.127. The molecule has 0 radical (unpaired) electrons. The summed E-state index contributed by atoms with van der Waals surface area (Å²) in [7, 11) is 0. The van der Waals surface area contributed by atoms with Crippen molar-refractivity contribution in [1.29, 1.82) is 0 Å². The lowest BCUT2D eigenvalue weighted by Gasteiger charge is -2.42. The highest BCUT2D eigenvalue weighted by molar-refractivity contribution is 7.10. The summed E-state index contributed by atoms with van der Waals surface area (Å²) in [6.45, 7) is 5.40. The molecule has 2 aliphatic rings. The number of nitrogens with zero attached hydrogens (tertiary/aromatic N) is 2. The fraction of sp³-hybridized carbons (Fsp3) is 0.542. The summed E-state index contributed by atoms with van der Waals surface area (Å²) in [5.74, 6) is 0.228. The molecule has 2 atom stereocenters. The average Bonchev–Trinajstić information content (AvgIpc) is 3.30. The van der Waals surface area contributed by atoms with Crippen LogP contribution in [0, 0.1) is 11.7 Å². The molecule has 0 unspecified atom stereocenters. The summed E-state index contributed by atoms with van der Waals surface area (Å²) in [5.41, 5.74) is 0.684. The molecule has 4 rings (SSSR count). The summed E-state index contributed by atoms with van der Waals surface area (Å²) in [6, 6.07) is 11.5. The quantitative estimate of drug-likeness (QED) is 0.714. The van der Waals surface area contributed by atoms with Crippen LogP contribution in [0.4, 0.5) is 10.1 Å². The van der Waals surface area contributed by atoms with Crippen molar-refractivity contribution >= 4 is 22.9 Å². The minimum atomic E-state index is -0.158. The van der Waals surface area contributed by atoms with Gasteiger partial charge in [0.05, 0.1) is 11.7 Å². The van der Waals surface area contributed by atoms with E-state index in [0.717, 1.165) is 39.0 Å². The lowest BCUT2D eigenvalue weighted by atomic mass is 9.88. The fourth-order valence-corrected chi connectivity index (χ4v) is 5.90. The number of benzene rings is 1. The zero-order valence-electron chi connectivity index (χ0n) is 17.7. The van der Waals surface area contributed by atoms with Crippen molar-refractivity contribution in [1.82, 2.24) is 10.2 Å². The number of halogens is 1. The molecule has 1 saturated heterocycles. The molecule has 1 N–H and O–H groups in total. The van der Waals surface area contributed by atoms with E-state index in [1.54, 1.807) is 17.4 Å². The Morgan fingerprint density at radius 2 is 1.80 bits per heavy atom. The van der Waals surface area contributed by atoms with Crippen LogP contribution in [0.2, 0.25) is 0 Å². The van der Waals surface area contributed by atoms with Crippen molar-refractivity contribution in [2.45, 2.75) is 51.1 Å². The molecule has 30 heavy (non-hydrogen) atoms. The van der Waals surface area contributed by atoms with Crippen LogP contribution in [-0.4, -0.2) is 43.0 Å². The van der Waals surface area contributed by atoms with Crippen LogP contribution in [0.1, 0.15) is 49.9 Å². The first-order chi connectivity index (χ1) is 14.6. The Hall–Kier alpha value is -1.92. The van der Waals surface area contributed by atoms with Gasteiger partial charge in [-0.05, 0) is 43.3 Å². The lowest BCUT2D eigenvalue weighted by Crippen LogP contribution is -2.53. The summed E-state index contributed by atoms with van der Waals surface area (Å²) >= 11 is 1.75. The number of carbonyl (C=O) groups is 1. The number of hydrogen-bond donors (Lipinski definition) is 1. The van der Waals surface area contributed by atoms with Gasteiger partial charge in [0.2, 0.25) is 5.91 Å². The number of amides is 1. The molecule has 1 aliphatic carbocycles. The topological polar surface area (TPSA) is 35.6 Å². The molecular weight excluding hydrogens is 397 g/mol. The van der Waals surface area contributed by atoms with E-state index in [1.807, 2.05) is 12.1 Å². The maximum absolute atomic E-state index is 14.2. The Morgan fingerprint density at radius 1 is 1.07 bits per heavy atom. The molecule has 6 heteroatoms. The predicted octanol–water partition coefficient (Wildman–Crippen LogP) is 4.84. The van der Waals surface area contributed by atoms with E-state index >= 15 is 0 Å². The van der Waals surface area contributed by atoms with Gasteiger partial charge in [-0.3, -0.25) is 9.69 Å². The first kappa shape index (κ1) is 21.3. The monoisotopic (exact) mass is 429 g/mol. The number of anilines is 1. The summed E-state index contributed by atoms with van der Waals surface area (Å²) in [6.07, 6.45) is 5.62. The van der Waals surface area contributed by atoms with Crippen LogP contribution in [0.5, 0.6) is 0 Å². The normalized spacial score (nSPS) is 20.7. The molecule has 1 aromatic carbocycles. The number of rotatable bonds is 6. The van der Waals surface area contributed by atoms with Crippen LogP contribution < -0.4 is 10.2 Å². The minimum Gasteiger partial charge on any atom is -0.367 e. The molecule has 0 spiro atoms. The third-order valence-electron chi connectivity index (χ3n) is 6.55. The van der Waals surface area contributed by atoms with E-state index in [2.05, 4.69) is 39.6 Å². The highest BCUT2D eigenvalue weighted by Gasteiger charge is 2.32. The molecular formula is C24H32FN3OS. The van der Waals surface area contributed by atoms with Crippen molar-refractivity contribution in [2.75, 3.05) is 31.1 Å². The third kappa shape index (κ3) is 4.86. The van der Waals surface area contributed by atoms with Gasteiger partial charge in [0.15, 0.2) is 0 Å². The van der Waals surface area contributed by atoms with Crippen LogP contribution in [0.15, 0.2) is 41.8 Å². The van der Waals surface area contributed by atoms with Gasteiger partial charge in [-0.2, -0.15) is 0 Å². The van der Waals surface area contributed by atoms with Gasteiger partial charge in [-0.25, -0.2) is 4.39 Å². The fourth-order valence-electron chi connectivity index (χ4n) is 4.94. The van der Waals surface area contributed by atoms with Crippen molar-refractivity contribution < 1.29 is 9.18 Å². The Balaban J connectivity index is 1.43. The summed E-state index contributed by atoms with van der Waals surface area (Å²) in [5, 5.41) is 5.44. The number of nitrogens with one attached hydrogen (secondary N) is 1. The van der Waals surface area contributed by atoms with Crippen molar-refractivity contribution in [3.63, 3.8) is 0 Å². The van der Waals surface area contributed by atoms with E-state index in [1.165, 1.54) is 30.2 Å². The second-order valence-electron chi connectivity index (χ2n) is 8.57. The largest absolute Gasteiger partial charge is 0.367 e. The van der Waals surface area contributed by atoms with E-state index < -0.39 is 0 Å². The Labute approximate surface area is 183 Å². The predicted molar refractivity (Wildman–Crippen MR) is 121 cm³/mol. The molecule has 1 aliphatic heterocycles. The molecule has 162 valence electrons. The van der Waals surface area contributed by atoms with Crippen molar-refractivity contribution in [3.05, 3.63) is 52.5 Å². The first-order valence-electron chi connectivity index (χ1n) is 11.2. The molecule has 1 saturated carbocycles. The van der Waals surface area contributed by atoms with Gasteiger partial charge in [0.1, 0.15) is 5.82 Å². The molecule has 0 bridgehead atoms. The van der Waals surface area contributed by atoms with E-state index in [0.29, 0.717) is 5.69 Å². The number of hydrogen-bond acceptors (Lipinski definition) is 4. The average molecular weight is 430 g/mol. The first-order valence-corrected chi connectivity index (χ1v) is 12.1. The number of piperazine rings is 1. The van der Waals surface area contributed by atoms with Gasteiger partial charge < -0.3 is 10.2 Å². The highest BCUT2D eigenvalue weighted by Crippen LogP contribution is 2.31. The van der Waals surface area contributed by atoms with Crippen molar-refractivity contribution in [3.8, 4) is 0 Å². The van der Waals surface area contributed by atoms with E-state index in [9.17, 15) is 9.18 Å². The van der Waals surface area contributed by atoms with Gasteiger partial charge in [-0.15, -0.1) is 11.3 Å². The van der Waals surface area contributed by atoms with Gasteiger partial charge >= 0.3 is 0 Å². The maximum atomic E-state index is 14.2. The minimum absolute atomic E-state index is 0.0399. The standard InChI is InChI=1S/C24H32FN3OS/c1-18(26-24(29)19-8-3-2-4-9-19)23(22-12-7-17-30-22)28-15-13-27(14-16-28)21-11-6-5-10-20(21)25/h5-7,10-12,17-19,23H,2-4,8-9,13-16H2,1H3,(H,26,29)/t18-,23+/m0/s1. The van der Waals surface area contributed by atoms with Crippen LogP contribution in [-0.2, 0) is 4.79 Å². The second-order valence-corrected chi connectivity index (χ2v) is 9.55. The molecule has 1 amide bonds. The van der Waals surface area contributed by atoms with Gasteiger partial charge in [0.25, 0.3) is 0 Å². The third-order valence-corrected chi connectivity index (χ3v) is 7.50. The summed E-state index contributed by atoms with van der Waals surface area (Å²) in [4.78, 5) is 18.7. The molecule has 2 heterocycles. The Morgan fingerprint density at radius 3 is 2.47 bits per heavy atom. The van der Waals surface area contributed by atoms with Crippen LogP contribution in [0.3, 0.4) is 0 Å². The van der Waals surface area contributed by atoms with Crippen molar-refractivity contribution in [2.24, 2.45) is 5.92 Å². The maximum Gasteiger partial charge on any atom is 0.223 e. The number of thiophene rings is 1. The molecule has 2 aromatic rings. The zero-order valence-corrected chi connectivity index (χ0v) is 18.5. The second kappa shape index (κ2) is 9.92. The van der Waals surface area contributed by atoms with Crippen LogP contribution >= 0.6 is 11.3 Å². The molecule has 2 fully saturated rings. The van der Waals surface area contributed by atoms with E-state index in [4.69, 9.17) is 0 Å². The summed E-state index contributed by atoms with van der Waals surface area (Å²) < 4.78 is 14.2. The van der Waals surface area contributed by atoms with Gasteiger partial charge in [0, 0.05) is 43.0 Å².